The third-order valence-corrected chi connectivity index (χ3v) is 3.14. The molecule has 0 radical (unpaired) electrons. The number of carbonyl (C=O) groups is 1. The van der Waals surface area contributed by atoms with E-state index in [1.807, 2.05) is 13.0 Å². The zero-order chi connectivity index (χ0) is 14.5. The molecule has 102 valence electrons. The Labute approximate surface area is 117 Å². The maximum absolute atomic E-state index is 13.7. The summed E-state index contributed by atoms with van der Waals surface area (Å²) in [4.78, 5) is 14.0. The standard InChI is InChI=1S/C16H15FN2O/c1-2-10-19(11-9-18)16(20)14-7-8-15(17)13-6-4-3-5-12(13)14/h3-8H,2,10-11H2,1H3. The van der Waals surface area contributed by atoms with Gasteiger partial charge < -0.3 is 4.90 Å². The first kappa shape index (κ1) is 14.0. The summed E-state index contributed by atoms with van der Waals surface area (Å²) in [7, 11) is 0. The fourth-order valence-corrected chi connectivity index (χ4v) is 2.23. The lowest BCUT2D eigenvalue weighted by Gasteiger charge is -2.19. The summed E-state index contributed by atoms with van der Waals surface area (Å²) in [5, 5.41) is 9.82. The summed E-state index contributed by atoms with van der Waals surface area (Å²) < 4.78 is 13.7. The van der Waals surface area contributed by atoms with E-state index >= 15 is 0 Å². The summed E-state index contributed by atoms with van der Waals surface area (Å²) in [6.45, 7) is 2.50. The quantitative estimate of drug-likeness (QED) is 0.800. The molecular weight excluding hydrogens is 255 g/mol. The molecule has 0 N–H and O–H groups in total. The zero-order valence-electron chi connectivity index (χ0n) is 11.3. The fraction of sp³-hybridized carbons (Fsp3) is 0.250. The SMILES string of the molecule is CCCN(CC#N)C(=O)c1ccc(F)c2ccccc12. The van der Waals surface area contributed by atoms with Crippen molar-refractivity contribution >= 4 is 16.7 Å². The molecule has 0 atom stereocenters. The molecule has 0 aliphatic carbocycles. The van der Waals surface area contributed by atoms with Crippen molar-refractivity contribution in [2.75, 3.05) is 13.1 Å². The molecule has 3 nitrogen and oxygen atoms in total. The average Bonchev–Trinajstić information content (AvgIpc) is 2.47. The second-order valence-corrected chi connectivity index (χ2v) is 4.53. The highest BCUT2D eigenvalue weighted by molar-refractivity contribution is 6.07. The smallest absolute Gasteiger partial charge is 0.255 e. The van der Waals surface area contributed by atoms with Crippen LogP contribution in [0.5, 0.6) is 0 Å². The van der Waals surface area contributed by atoms with Crippen LogP contribution in [0.1, 0.15) is 23.7 Å². The van der Waals surface area contributed by atoms with Crippen molar-refractivity contribution in [3.8, 4) is 6.07 Å². The van der Waals surface area contributed by atoms with E-state index in [4.69, 9.17) is 5.26 Å². The first-order valence-corrected chi connectivity index (χ1v) is 6.52. The number of carbonyl (C=O) groups excluding carboxylic acids is 1. The van der Waals surface area contributed by atoms with Crippen LogP contribution in [0.4, 0.5) is 4.39 Å². The van der Waals surface area contributed by atoms with Crippen molar-refractivity contribution in [2.45, 2.75) is 13.3 Å². The zero-order valence-corrected chi connectivity index (χ0v) is 11.3. The second kappa shape index (κ2) is 6.16. The van der Waals surface area contributed by atoms with Crippen LogP contribution in [0.25, 0.3) is 10.8 Å². The number of hydrogen-bond acceptors (Lipinski definition) is 2. The third-order valence-electron chi connectivity index (χ3n) is 3.14. The maximum atomic E-state index is 13.7. The Bertz CT molecular complexity index is 676. The molecule has 2 aromatic rings. The summed E-state index contributed by atoms with van der Waals surface area (Å²) in [5.41, 5.74) is 0.436. The lowest BCUT2D eigenvalue weighted by molar-refractivity contribution is 0.0778. The highest BCUT2D eigenvalue weighted by Crippen LogP contribution is 2.23. The van der Waals surface area contributed by atoms with Gasteiger partial charge in [-0.05, 0) is 23.9 Å². The van der Waals surface area contributed by atoms with E-state index in [9.17, 15) is 9.18 Å². The molecule has 4 heteroatoms. The largest absolute Gasteiger partial charge is 0.325 e. The van der Waals surface area contributed by atoms with Gasteiger partial charge >= 0.3 is 0 Å². The predicted octanol–water partition coefficient (Wildman–Crippen LogP) is 3.35. The van der Waals surface area contributed by atoms with Crippen LogP contribution in [0, 0.1) is 17.1 Å². The van der Waals surface area contributed by atoms with Gasteiger partial charge in [0.05, 0.1) is 6.07 Å². The Morgan fingerprint density at radius 1 is 1.25 bits per heavy atom. The van der Waals surface area contributed by atoms with Crippen molar-refractivity contribution in [3.05, 3.63) is 47.8 Å². The number of benzene rings is 2. The van der Waals surface area contributed by atoms with Gasteiger partial charge in [0.1, 0.15) is 12.4 Å². The van der Waals surface area contributed by atoms with Crippen LogP contribution in [-0.4, -0.2) is 23.9 Å². The molecule has 0 unspecified atom stereocenters. The van der Waals surface area contributed by atoms with E-state index < -0.39 is 0 Å². The minimum atomic E-state index is -0.348. The molecule has 2 aromatic carbocycles. The molecule has 0 bridgehead atoms. The normalized spacial score (nSPS) is 10.2. The number of nitriles is 1. The van der Waals surface area contributed by atoms with Gasteiger partial charge in [0.2, 0.25) is 0 Å². The van der Waals surface area contributed by atoms with Crippen LogP contribution in [0.3, 0.4) is 0 Å². The number of nitrogens with zero attached hydrogens (tertiary/aromatic N) is 2. The fourth-order valence-electron chi connectivity index (χ4n) is 2.23. The highest BCUT2D eigenvalue weighted by atomic mass is 19.1. The van der Waals surface area contributed by atoms with E-state index in [-0.39, 0.29) is 18.3 Å². The van der Waals surface area contributed by atoms with Gasteiger partial charge in [-0.3, -0.25) is 4.79 Å². The van der Waals surface area contributed by atoms with Gasteiger partial charge in [0.15, 0.2) is 0 Å². The lowest BCUT2D eigenvalue weighted by atomic mass is 10.0. The summed E-state index contributed by atoms with van der Waals surface area (Å²) in [6, 6.07) is 11.7. The molecule has 1 amide bonds. The lowest BCUT2D eigenvalue weighted by Crippen LogP contribution is -2.32. The summed E-state index contributed by atoms with van der Waals surface area (Å²) >= 11 is 0. The molecule has 0 heterocycles. The number of halogens is 1. The average molecular weight is 270 g/mol. The molecule has 0 saturated heterocycles. The van der Waals surface area contributed by atoms with E-state index in [1.165, 1.54) is 17.0 Å². The Morgan fingerprint density at radius 2 is 1.95 bits per heavy atom. The van der Waals surface area contributed by atoms with E-state index in [0.717, 1.165) is 6.42 Å². The van der Waals surface area contributed by atoms with Crippen molar-refractivity contribution in [1.29, 1.82) is 5.26 Å². The monoisotopic (exact) mass is 270 g/mol. The third kappa shape index (κ3) is 2.62. The first-order chi connectivity index (χ1) is 9.69. The number of amides is 1. The topological polar surface area (TPSA) is 44.1 Å². The van der Waals surface area contributed by atoms with E-state index in [1.54, 1.807) is 24.3 Å². The van der Waals surface area contributed by atoms with Gasteiger partial charge in [-0.2, -0.15) is 5.26 Å². The molecule has 0 aromatic heterocycles. The highest BCUT2D eigenvalue weighted by Gasteiger charge is 2.18. The van der Waals surface area contributed by atoms with Crippen molar-refractivity contribution in [1.82, 2.24) is 4.90 Å². The Kier molecular flexibility index (Phi) is 4.31. The van der Waals surface area contributed by atoms with Crippen LogP contribution in [0.2, 0.25) is 0 Å². The number of rotatable bonds is 4. The summed E-state index contributed by atoms with van der Waals surface area (Å²) in [6.07, 6.45) is 0.770. The molecule has 2 rings (SSSR count). The van der Waals surface area contributed by atoms with Gasteiger partial charge in [-0.25, -0.2) is 4.39 Å². The van der Waals surface area contributed by atoms with Crippen molar-refractivity contribution in [2.24, 2.45) is 0 Å². The first-order valence-electron chi connectivity index (χ1n) is 6.52. The Morgan fingerprint density at radius 3 is 2.60 bits per heavy atom. The molecule has 0 saturated carbocycles. The molecular formula is C16H15FN2O. The van der Waals surface area contributed by atoms with Crippen molar-refractivity contribution < 1.29 is 9.18 Å². The minimum Gasteiger partial charge on any atom is -0.325 e. The van der Waals surface area contributed by atoms with Crippen molar-refractivity contribution in [3.63, 3.8) is 0 Å². The molecule has 0 spiro atoms. The van der Waals surface area contributed by atoms with E-state index in [2.05, 4.69) is 0 Å². The van der Waals surface area contributed by atoms with E-state index in [0.29, 0.717) is 22.9 Å². The van der Waals surface area contributed by atoms with Gasteiger partial charge in [-0.1, -0.05) is 31.2 Å². The van der Waals surface area contributed by atoms with Crippen LogP contribution in [-0.2, 0) is 0 Å². The number of fused-ring (bicyclic) bond motifs is 1. The Hall–Kier alpha value is -2.41. The summed E-state index contributed by atoms with van der Waals surface area (Å²) in [5.74, 6) is -0.580. The molecule has 0 aliphatic heterocycles. The van der Waals surface area contributed by atoms with Gasteiger partial charge in [0.25, 0.3) is 5.91 Å². The molecule has 0 aliphatic rings. The Balaban J connectivity index is 2.49. The maximum Gasteiger partial charge on any atom is 0.255 e. The van der Waals surface area contributed by atoms with Crippen LogP contribution < -0.4 is 0 Å². The van der Waals surface area contributed by atoms with Crippen LogP contribution >= 0.6 is 0 Å². The molecule has 20 heavy (non-hydrogen) atoms. The van der Waals surface area contributed by atoms with Crippen LogP contribution in [0.15, 0.2) is 36.4 Å². The minimum absolute atomic E-state index is 0.0401. The van der Waals surface area contributed by atoms with Gasteiger partial charge in [0, 0.05) is 17.5 Å². The number of hydrogen-bond donors (Lipinski definition) is 0. The van der Waals surface area contributed by atoms with Gasteiger partial charge in [-0.15, -0.1) is 0 Å². The molecule has 0 fully saturated rings. The second-order valence-electron chi connectivity index (χ2n) is 4.53. The predicted molar refractivity (Wildman–Crippen MR) is 75.7 cm³/mol.